The first-order chi connectivity index (χ1) is 18.5. The summed E-state index contributed by atoms with van der Waals surface area (Å²) in [6.07, 6.45) is 2.11. The molecular weight excluding hydrogens is 494 g/mol. The van der Waals surface area contributed by atoms with E-state index in [1.165, 1.54) is 17.0 Å². The van der Waals surface area contributed by atoms with Crippen molar-refractivity contribution in [2.24, 2.45) is 0 Å². The van der Waals surface area contributed by atoms with Gasteiger partial charge >= 0.3 is 0 Å². The summed E-state index contributed by atoms with van der Waals surface area (Å²) in [5.74, 6) is -0.0465. The van der Waals surface area contributed by atoms with Gasteiger partial charge in [0.2, 0.25) is 5.91 Å². The number of carbonyl (C=O) groups excluding carboxylic acids is 1. The lowest BCUT2D eigenvalue weighted by atomic mass is 9.96. The van der Waals surface area contributed by atoms with Crippen LogP contribution in [-0.2, 0) is 16.1 Å². The zero-order chi connectivity index (χ0) is 26.6. The number of ether oxygens (including phenoxy) is 1. The number of hydrogen-bond donors (Lipinski definition) is 2. The van der Waals surface area contributed by atoms with Gasteiger partial charge in [0, 0.05) is 55.3 Å². The Balaban J connectivity index is 1.40. The van der Waals surface area contributed by atoms with Crippen molar-refractivity contribution in [1.82, 2.24) is 19.8 Å². The van der Waals surface area contributed by atoms with Gasteiger partial charge in [-0.1, -0.05) is 42.5 Å². The molecule has 2 aromatic carbocycles. The summed E-state index contributed by atoms with van der Waals surface area (Å²) in [4.78, 5) is 19.9. The number of rotatable bonds is 9. The average molecular weight is 528 g/mol. The molecule has 2 N–H and O–H groups in total. The summed E-state index contributed by atoms with van der Waals surface area (Å²) in [7, 11) is 1.72. The van der Waals surface area contributed by atoms with Crippen molar-refractivity contribution >= 4 is 39.7 Å². The second kappa shape index (κ2) is 11.3. The maximum atomic E-state index is 13.1. The Morgan fingerprint density at radius 1 is 1.08 bits per heavy atom. The number of hydrogen-bond acceptors (Lipinski definition) is 4. The molecule has 1 amide bonds. The SMILES string of the molecule is COCCn1c(C)cc([C@@H]2[C@@H](c3ccccn3)NC(=S)N2CCC(=O)Nc2cccc3ccccc23)c1C. The molecule has 7 nitrogen and oxygen atoms in total. The van der Waals surface area contributed by atoms with Gasteiger partial charge in [-0.2, -0.15) is 0 Å². The second-order valence-electron chi connectivity index (χ2n) is 9.62. The highest BCUT2D eigenvalue weighted by molar-refractivity contribution is 7.80. The number of methoxy groups -OCH3 is 1. The molecular formula is C30H33N5O2S. The van der Waals surface area contributed by atoms with Gasteiger partial charge in [-0.25, -0.2) is 0 Å². The van der Waals surface area contributed by atoms with Crippen LogP contribution in [0.5, 0.6) is 0 Å². The zero-order valence-corrected chi connectivity index (χ0v) is 22.8. The molecule has 2 aromatic heterocycles. The van der Waals surface area contributed by atoms with Gasteiger partial charge in [0.05, 0.1) is 24.4 Å². The van der Waals surface area contributed by atoms with Gasteiger partial charge in [0.15, 0.2) is 5.11 Å². The fourth-order valence-corrected chi connectivity index (χ4v) is 5.74. The largest absolute Gasteiger partial charge is 0.383 e. The van der Waals surface area contributed by atoms with E-state index in [0.717, 1.165) is 28.7 Å². The van der Waals surface area contributed by atoms with Crippen molar-refractivity contribution in [3.05, 3.63) is 95.6 Å². The lowest BCUT2D eigenvalue weighted by Gasteiger charge is -2.28. The van der Waals surface area contributed by atoms with E-state index in [4.69, 9.17) is 17.0 Å². The molecule has 3 heterocycles. The predicted molar refractivity (Wildman–Crippen MR) is 155 cm³/mol. The first kappa shape index (κ1) is 25.9. The van der Waals surface area contributed by atoms with Crippen LogP contribution < -0.4 is 10.6 Å². The molecule has 0 aliphatic carbocycles. The Hall–Kier alpha value is -3.75. The summed E-state index contributed by atoms with van der Waals surface area (Å²) in [6.45, 7) is 6.16. The maximum Gasteiger partial charge on any atom is 0.226 e. The van der Waals surface area contributed by atoms with Crippen molar-refractivity contribution < 1.29 is 9.53 Å². The first-order valence-corrected chi connectivity index (χ1v) is 13.3. The third kappa shape index (κ3) is 5.14. The van der Waals surface area contributed by atoms with E-state index in [1.807, 2.05) is 60.7 Å². The molecule has 0 radical (unpaired) electrons. The summed E-state index contributed by atoms with van der Waals surface area (Å²) in [6, 6.07) is 21.9. The number of nitrogens with zero attached hydrogens (tertiary/aromatic N) is 3. The smallest absolute Gasteiger partial charge is 0.226 e. The number of nitrogens with one attached hydrogen (secondary N) is 2. The molecule has 38 heavy (non-hydrogen) atoms. The maximum absolute atomic E-state index is 13.1. The van der Waals surface area contributed by atoms with E-state index >= 15 is 0 Å². The van der Waals surface area contributed by atoms with E-state index in [2.05, 4.69) is 45.0 Å². The Morgan fingerprint density at radius 2 is 1.87 bits per heavy atom. The molecule has 4 aromatic rings. The Labute approximate surface area is 228 Å². The minimum atomic E-state index is -0.124. The van der Waals surface area contributed by atoms with Gasteiger partial charge in [-0.05, 0) is 61.3 Å². The number of carbonyl (C=O) groups is 1. The van der Waals surface area contributed by atoms with Crippen LogP contribution in [0.2, 0.25) is 0 Å². The molecule has 0 saturated carbocycles. The number of thiocarbonyl (C=S) groups is 1. The average Bonchev–Trinajstić information content (AvgIpc) is 3.41. The number of amides is 1. The van der Waals surface area contributed by atoms with Crippen LogP contribution in [0.1, 0.15) is 41.1 Å². The lowest BCUT2D eigenvalue weighted by molar-refractivity contribution is -0.116. The van der Waals surface area contributed by atoms with Crippen LogP contribution in [0.25, 0.3) is 10.8 Å². The van der Waals surface area contributed by atoms with Gasteiger partial charge < -0.3 is 24.8 Å². The lowest BCUT2D eigenvalue weighted by Crippen LogP contribution is -2.33. The first-order valence-electron chi connectivity index (χ1n) is 12.9. The van der Waals surface area contributed by atoms with Crippen LogP contribution in [0, 0.1) is 13.8 Å². The van der Waals surface area contributed by atoms with Gasteiger partial charge in [0.1, 0.15) is 0 Å². The van der Waals surface area contributed by atoms with Crippen molar-refractivity contribution in [3.8, 4) is 0 Å². The van der Waals surface area contributed by atoms with E-state index in [9.17, 15) is 4.79 Å². The van der Waals surface area contributed by atoms with Gasteiger partial charge in [-0.3, -0.25) is 9.78 Å². The topological polar surface area (TPSA) is 71.4 Å². The summed E-state index contributed by atoms with van der Waals surface area (Å²) in [5.41, 5.74) is 5.25. The molecule has 2 atom stereocenters. The molecule has 0 unspecified atom stereocenters. The fourth-order valence-electron chi connectivity index (χ4n) is 5.41. The van der Waals surface area contributed by atoms with E-state index in [1.54, 1.807) is 13.3 Å². The van der Waals surface area contributed by atoms with E-state index < -0.39 is 0 Å². The van der Waals surface area contributed by atoms with E-state index in [-0.39, 0.29) is 18.0 Å². The minimum absolute atomic E-state index is 0.0465. The number of anilines is 1. The van der Waals surface area contributed by atoms with Crippen molar-refractivity contribution in [2.45, 2.75) is 38.9 Å². The zero-order valence-electron chi connectivity index (χ0n) is 22.0. The Bertz CT molecular complexity index is 1450. The number of fused-ring (bicyclic) bond motifs is 1. The highest BCUT2D eigenvalue weighted by Gasteiger charge is 2.41. The van der Waals surface area contributed by atoms with Gasteiger partial charge in [-0.15, -0.1) is 0 Å². The molecule has 1 aliphatic heterocycles. The van der Waals surface area contributed by atoms with Crippen molar-refractivity contribution in [2.75, 3.05) is 25.6 Å². The summed E-state index contributed by atoms with van der Waals surface area (Å²) in [5, 5.41) is 9.35. The number of aromatic nitrogens is 2. The van der Waals surface area contributed by atoms with Crippen LogP contribution in [0.15, 0.2) is 72.9 Å². The predicted octanol–water partition coefficient (Wildman–Crippen LogP) is 5.30. The minimum Gasteiger partial charge on any atom is -0.383 e. The third-order valence-corrected chi connectivity index (χ3v) is 7.64. The fraction of sp³-hybridized carbons (Fsp3) is 0.300. The monoisotopic (exact) mass is 527 g/mol. The highest BCUT2D eigenvalue weighted by atomic mass is 32.1. The molecule has 5 rings (SSSR count). The molecule has 8 heteroatoms. The molecule has 0 bridgehead atoms. The third-order valence-electron chi connectivity index (χ3n) is 7.29. The summed E-state index contributed by atoms with van der Waals surface area (Å²) >= 11 is 5.82. The van der Waals surface area contributed by atoms with Crippen LogP contribution in [0.3, 0.4) is 0 Å². The number of pyridine rings is 1. The highest BCUT2D eigenvalue weighted by Crippen LogP contribution is 2.41. The Kier molecular flexibility index (Phi) is 7.72. The molecule has 0 spiro atoms. The molecule has 196 valence electrons. The van der Waals surface area contributed by atoms with Crippen molar-refractivity contribution in [1.29, 1.82) is 0 Å². The van der Waals surface area contributed by atoms with Crippen LogP contribution in [0.4, 0.5) is 5.69 Å². The van der Waals surface area contributed by atoms with Gasteiger partial charge in [0.25, 0.3) is 0 Å². The molecule has 1 saturated heterocycles. The number of aryl methyl sites for hydroxylation is 1. The van der Waals surface area contributed by atoms with Crippen LogP contribution in [-0.4, -0.2) is 45.7 Å². The second-order valence-corrected chi connectivity index (χ2v) is 10.0. The van der Waals surface area contributed by atoms with Crippen molar-refractivity contribution in [3.63, 3.8) is 0 Å². The Morgan fingerprint density at radius 3 is 2.66 bits per heavy atom. The standard InChI is InChI=1S/C30H33N5O2S/c1-20-19-24(21(2)34(20)17-18-37-3)29-28(26-12-6-7-15-31-26)33-30(38)35(29)16-14-27(36)32-25-13-8-10-22-9-4-5-11-23(22)25/h4-13,15,19,28-29H,14,16-18H2,1-3H3,(H,32,36)(H,33,38)/t28-,29-/m1/s1. The molecule has 1 fully saturated rings. The van der Waals surface area contributed by atoms with E-state index in [0.29, 0.717) is 24.7 Å². The quantitative estimate of drug-likeness (QED) is 0.288. The summed E-state index contributed by atoms with van der Waals surface area (Å²) < 4.78 is 7.62. The normalized spacial score (nSPS) is 17.1. The van der Waals surface area contributed by atoms with Crippen LogP contribution >= 0.6 is 12.2 Å². The molecule has 1 aliphatic rings. The number of benzene rings is 2.